The molecular weight excluding hydrogens is 368 g/mol. The first-order chi connectivity index (χ1) is 13.1. The number of aliphatic hydroxyl groups is 1. The first-order valence-corrected chi connectivity index (χ1v) is 10.0. The van der Waals surface area contributed by atoms with Crippen molar-refractivity contribution in [3.8, 4) is 0 Å². The molecule has 1 saturated heterocycles. The van der Waals surface area contributed by atoms with E-state index in [2.05, 4.69) is 10.6 Å². The van der Waals surface area contributed by atoms with Crippen LogP contribution in [-0.2, 0) is 20.9 Å². The van der Waals surface area contributed by atoms with Crippen LogP contribution in [0.4, 0.5) is 0 Å². The molecule has 1 saturated carbocycles. The number of nitrogens with one attached hydrogen (secondary N) is 2. The van der Waals surface area contributed by atoms with Crippen LogP contribution >= 0.6 is 11.6 Å². The molecule has 2 amide bonds. The maximum Gasteiger partial charge on any atom is 0.223 e. The van der Waals surface area contributed by atoms with Crippen molar-refractivity contribution in [1.29, 1.82) is 0 Å². The Morgan fingerprint density at radius 3 is 2.63 bits per heavy atom. The first-order valence-electron chi connectivity index (χ1n) is 9.63. The molecular formula is C20H27ClN2O4. The van der Waals surface area contributed by atoms with E-state index in [9.17, 15) is 14.7 Å². The Hall–Kier alpha value is -1.63. The predicted molar refractivity (Wildman–Crippen MR) is 102 cm³/mol. The third-order valence-electron chi connectivity index (χ3n) is 5.45. The first kappa shape index (κ1) is 20.1. The molecule has 6 nitrogen and oxygen atoms in total. The summed E-state index contributed by atoms with van der Waals surface area (Å²) in [4.78, 5) is 24.4. The van der Waals surface area contributed by atoms with E-state index in [1.165, 1.54) is 0 Å². The Morgan fingerprint density at radius 2 is 1.96 bits per heavy atom. The molecule has 1 aliphatic carbocycles. The minimum Gasteiger partial charge on any atom is -0.394 e. The average Bonchev–Trinajstić information content (AvgIpc) is 2.60. The van der Waals surface area contributed by atoms with Crippen LogP contribution in [0.3, 0.4) is 0 Å². The predicted octanol–water partition coefficient (Wildman–Crippen LogP) is 2.17. The van der Waals surface area contributed by atoms with Crippen LogP contribution in [-0.4, -0.2) is 41.8 Å². The van der Waals surface area contributed by atoms with Gasteiger partial charge in [-0.25, -0.2) is 0 Å². The van der Waals surface area contributed by atoms with Crippen molar-refractivity contribution in [2.75, 3.05) is 6.61 Å². The Balaban J connectivity index is 1.44. The Bertz CT molecular complexity index is 665. The van der Waals surface area contributed by atoms with Gasteiger partial charge in [-0.3, -0.25) is 9.59 Å². The minimum absolute atomic E-state index is 0.0595. The van der Waals surface area contributed by atoms with Gasteiger partial charge in [-0.2, -0.15) is 0 Å². The summed E-state index contributed by atoms with van der Waals surface area (Å²) in [6.45, 7) is 0.197. The highest BCUT2D eigenvalue weighted by Gasteiger charge is 2.35. The molecule has 3 N–H and O–H groups in total. The van der Waals surface area contributed by atoms with E-state index in [0.717, 1.165) is 24.8 Å². The van der Waals surface area contributed by atoms with Crippen LogP contribution in [0.25, 0.3) is 0 Å². The van der Waals surface area contributed by atoms with E-state index >= 15 is 0 Å². The van der Waals surface area contributed by atoms with Crippen LogP contribution < -0.4 is 10.6 Å². The quantitative estimate of drug-likeness (QED) is 0.661. The number of rotatable bonds is 7. The van der Waals surface area contributed by atoms with Crippen molar-refractivity contribution in [1.82, 2.24) is 10.6 Å². The van der Waals surface area contributed by atoms with Crippen LogP contribution in [0.5, 0.6) is 0 Å². The summed E-state index contributed by atoms with van der Waals surface area (Å²) in [7, 11) is 0. The maximum absolute atomic E-state index is 12.2. The molecule has 1 aliphatic heterocycles. The molecule has 1 aromatic carbocycles. The SMILES string of the molecule is O=C(C[C@@H]1CC[C@@H](NC(=O)C2CCC2)[C@@H](CO)O1)NCc1ccccc1Cl. The van der Waals surface area contributed by atoms with Crippen molar-refractivity contribution < 1.29 is 19.4 Å². The number of carbonyl (C=O) groups excluding carboxylic acids is 2. The fourth-order valence-electron chi connectivity index (χ4n) is 3.53. The Labute approximate surface area is 164 Å². The molecule has 0 unspecified atom stereocenters. The second-order valence-corrected chi connectivity index (χ2v) is 7.78. The zero-order valence-electron chi connectivity index (χ0n) is 15.3. The summed E-state index contributed by atoms with van der Waals surface area (Å²) in [5, 5.41) is 16.1. The molecule has 27 heavy (non-hydrogen) atoms. The van der Waals surface area contributed by atoms with Crippen molar-refractivity contribution in [3.63, 3.8) is 0 Å². The van der Waals surface area contributed by atoms with Gasteiger partial charge in [0.2, 0.25) is 11.8 Å². The van der Waals surface area contributed by atoms with Gasteiger partial charge >= 0.3 is 0 Å². The van der Waals surface area contributed by atoms with Gasteiger partial charge in [-0.1, -0.05) is 36.2 Å². The summed E-state index contributed by atoms with van der Waals surface area (Å²) < 4.78 is 5.88. The van der Waals surface area contributed by atoms with E-state index in [4.69, 9.17) is 16.3 Å². The smallest absolute Gasteiger partial charge is 0.223 e. The van der Waals surface area contributed by atoms with Crippen molar-refractivity contribution >= 4 is 23.4 Å². The summed E-state index contributed by atoms with van der Waals surface area (Å²) in [5.74, 6) is 0.0513. The topological polar surface area (TPSA) is 87.7 Å². The minimum atomic E-state index is -0.468. The summed E-state index contributed by atoms with van der Waals surface area (Å²) in [6.07, 6.45) is 3.86. The zero-order valence-corrected chi connectivity index (χ0v) is 16.1. The molecule has 2 aliphatic rings. The number of hydrogen-bond acceptors (Lipinski definition) is 4. The molecule has 148 valence electrons. The molecule has 1 heterocycles. The molecule has 7 heteroatoms. The second kappa shape index (κ2) is 9.53. The van der Waals surface area contributed by atoms with Crippen molar-refractivity contribution in [2.24, 2.45) is 5.92 Å². The van der Waals surface area contributed by atoms with E-state index in [1.54, 1.807) is 6.07 Å². The van der Waals surface area contributed by atoms with Gasteiger partial charge in [0.05, 0.1) is 25.2 Å². The van der Waals surface area contributed by atoms with E-state index in [-0.39, 0.29) is 42.9 Å². The van der Waals surface area contributed by atoms with Crippen molar-refractivity contribution in [2.45, 2.75) is 63.3 Å². The van der Waals surface area contributed by atoms with Crippen LogP contribution in [0.1, 0.15) is 44.1 Å². The number of benzene rings is 1. The Kier molecular flexibility index (Phi) is 7.10. The number of carbonyl (C=O) groups is 2. The number of halogens is 1. The molecule has 0 spiro atoms. The van der Waals surface area contributed by atoms with E-state index in [1.807, 2.05) is 18.2 Å². The molecule has 0 bridgehead atoms. The number of hydrogen-bond donors (Lipinski definition) is 3. The second-order valence-electron chi connectivity index (χ2n) is 7.37. The fourth-order valence-corrected chi connectivity index (χ4v) is 3.74. The largest absolute Gasteiger partial charge is 0.394 e. The van der Waals surface area contributed by atoms with Gasteiger partial charge in [0, 0.05) is 17.5 Å². The molecule has 2 fully saturated rings. The van der Waals surface area contributed by atoms with Gasteiger partial charge in [0.25, 0.3) is 0 Å². The van der Waals surface area contributed by atoms with Gasteiger partial charge in [0.1, 0.15) is 6.10 Å². The highest BCUT2D eigenvalue weighted by atomic mass is 35.5. The number of ether oxygens (including phenoxy) is 1. The van der Waals surface area contributed by atoms with E-state index < -0.39 is 6.10 Å². The Morgan fingerprint density at radius 1 is 1.19 bits per heavy atom. The third-order valence-corrected chi connectivity index (χ3v) is 5.81. The lowest BCUT2D eigenvalue weighted by Crippen LogP contribution is -2.53. The monoisotopic (exact) mass is 394 g/mol. The summed E-state index contributed by atoms with van der Waals surface area (Å²) in [6, 6.07) is 7.19. The number of aliphatic hydroxyl groups excluding tert-OH is 1. The van der Waals surface area contributed by atoms with Gasteiger partial charge < -0.3 is 20.5 Å². The highest BCUT2D eigenvalue weighted by molar-refractivity contribution is 6.31. The van der Waals surface area contributed by atoms with Gasteiger partial charge in [0.15, 0.2) is 0 Å². The number of amides is 2. The van der Waals surface area contributed by atoms with E-state index in [0.29, 0.717) is 24.4 Å². The van der Waals surface area contributed by atoms with Gasteiger partial charge in [-0.15, -0.1) is 0 Å². The summed E-state index contributed by atoms with van der Waals surface area (Å²) in [5.41, 5.74) is 0.865. The van der Waals surface area contributed by atoms with Crippen molar-refractivity contribution in [3.05, 3.63) is 34.9 Å². The normalized spacial score (nSPS) is 25.5. The summed E-state index contributed by atoms with van der Waals surface area (Å²) >= 11 is 6.09. The molecule has 3 atom stereocenters. The molecule has 3 rings (SSSR count). The van der Waals surface area contributed by atoms with Crippen LogP contribution in [0, 0.1) is 5.92 Å². The zero-order chi connectivity index (χ0) is 19.2. The van der Waals surface area contributed by atoms with Gasteiger partial charge in [-0.05, 0) is 37.3 Å². The maximum atomic E-state index is 12.2. The molecule has 0 radical (unpaired) electrons. The lowest BCUT2D eigenvalue weighted by atomic mass is 9.84. The fraction of sp³-hybridized carbons (Fsp3) is 0.600. The highest BCUT2D eigenvalue weighted by Crippen LogP contribution is 2.28. The average molecular weight is 395 g/mol. The molecule has 1 aromatic rings. The molecule has 0 aromatic heterocycles. The lowest BCUT2D eigenvalue weighted by molar-refractivity contribution is -0.138. The third kappa shape index (κ3) is 5.43. The van der Waals surface area contributed by atoms with Crippen LogP contribution in [0.2, 0.25) is 5.02 Å². The van der Waals surface area contributed by atoms with Crippen LogP contribution in [0.15, 0.2) is 24.3 Å². The lowest BCUT2D eigenvalue weighted by Gasteiger charge is -2.37. The standard InChI is InChI=1S/C20H27ClN2O4/c21-16-7-2-1-4-14(16)11-22-19(25)10-15-8-9-17(18(12-24)27-15)23-20(26)13-5-3-6-13/h1-2,4,7,13,15,17-18,24H,3,5-6,8-12H2,(H,22,25)(H,23,26)/t15-,17+,18+/m0/s1.